The van der Waals surface area contributed by atoms with Crippen LogP contribution in [-0.4, -0.2) is 9.78 Å². The quantitative estimate of drug-likeness (QED) is 0.730. The molecule has 0 aliphatic carbocycles. The zero-order valence-electron chi connectivity index (χ0n) is 7.46. The Kier molecular flexibility index (Phi) is 2.48. The van der Waals surface area contributed by atoms with Crippen LogP contribution in [0, 0.1) is 6.20 Å². The van der Waals surface area contributed by atoms with Crippen LogP contribution in [0.5, 0.6) is 0 Å². The zero-order valence-corrected chi connectivity index (χ0v) is 8.97. The second-order valence-electron chi connectivity index (χ2n) is 2.88. The molecule has 71 valence electrons. The second-order valence-corrected chi connectivity index (χ2v) is 3.69. The van der Waals surface area contributed by atoms with Crippen molar-refractivity contribution in [2.45, 2.75) is 0 Å². The van der Waals surface area contributed by atoms with Crippen molar-refractivity contribution in [3.05, 3.63) is 40.5 Å². The first-order valence-electron chi connectivity index (χ1n) is 4.04. The normalized spacial score (nSPS) is 10.5. The summed E-state index contributed by atoms with van der Waals surface area (Å²) in [5.41, 5.74) is 1.66. The van der Waals surface area contributed by atoms with Crippen molar-refractivity contribution in [1.82, 2.24) is 9.78 Å². The lowest BCUT2D eigenvalue weighted by Crippen LogP contribution is -1.94. The molecule has 4 heteroatoms. The number of rotatable bonds is 1. The van der Waals surface area contributed by atoms with Crippen LogP contribution in [-0.2, 0) is 7.05 Å². The van der Waals surface area contributed by atoms with Gasteiger partial charge in [-0.1, -0.05) is 29.3 Å². The minimum Gasteiger partial charge on any atom is -0.267 e. The average Bonchev–Trinajstić information content (AvgIpc) is 2.52. The SMILES string of the molecule is Cn1n[c]cc1-c1c(Cl)cccc1Cl. The molecule has 0 atom stereocenters. The van der Waals surface area contributed by atoms with E-state index < -0.39 is 0 Å². The van der Waals surface area contributed by atoms with Gasteiger partial charge in [0.2, 0.25) is 0 Å². The fraction of sp³-hybridized carbons (Fsp3) is 0.100. The fourth-order valence-corrected chi connectivity index (χ4v) is 1.89. The van der Waals surface area contributed by atoms with Crippen LogP contribution in [0.15, 0.2) is 24.3 Å². The summed E-state index contributed by atoms with van der Waals surface area (Å²) in [6.45, 7) is 0. The maximum absolute atomic E-state index is 6.05. The zero-order chi connectivity index (χ0) is 10.1. The largest absolute Gasteiger partial charge is 0.267 e. The molecule has 14 heavy (non-hydrogen) atoms. The van der Waals surface area contributed by atoms with E-state index in [4.69, 9.17) is 23.2 Å². The number of aryl methyl sites for hydroxylation is 1. The van der Waals surface area contributed by atoms with Gasteiger partial charge < -0.3 is 0 Å². The summed E-state index contributed by atoms with van der Waals surface area (Å²) in [4.78, 5) is 0. The molecule has 0 unspecified atom stereocenters. The van der Waals surface area contributed by atoms with E-state index in [2.05, 4.69) is 11.3 Å². The van der Waals surface area contributed by atoms with Crippen molar-refractivity contribution in [2.24, 2.45) is 7.05 Å². The molecular formula is C10H7Cl2N2. The lowest BCUT2D eigenvalue weighted by atomic mass is 10.1. The van der Waals surface area contributed by atoms with Crippen LogP contribution >= 0.6 is 23.2 Å². The number of aromatic nitrogens is 2. The molecule has 0 aliphatic heterocycles. The number of nitrogens with zero attached hydrogens (tertiary/aromatic N) is 2. The molecule has 0 amide bonds. The Hall–Kier alpha value is -0.990. The number of halogens is 2. The van der Waals surface area contributed by atoms with Gasteiger partial charge in [-0.3, -0.25) is 4.68 Å². The Morgan fingerprint density at radius 2 is 1.93 bits per heavy atom. The van der Waals surface area contributed by atoms with Gasteiger partial charge in [0.05, 0.1) is 15.7 Å². The lowest BCUT2D eigenvalue weighted by Gasteiger charge is -2.06. The van der Waals surface area contributed by atoms with Crippen LogP contribution < -0.4 is 0 Å². The molecule has 2 nitrogen and oxygen atoms in total. The summed E-state index contributed by atoms with van der Waals surface area (Å²) >= 11 is 12.1. The van der Waals surface area contributed by atoms with E-state index in [9.17, 15) is 0 Å². The molecule has 0 bridgehead atoms. The Labute approximate surface area is 92.1 Å². The van der Waals surface area contributed by atoms with E-state index in [0.29, 0.717) is 10.0 Å². The Morgan fingerprint density at radius 3 is 2.43 bits per heavy atom. The van der Waals surface area contributed by atoms with E-state index in [0.717, 1.165) is 11.3 Å². The third kappa shape index (κ3) is 1.51. The van der Waals surface area contributed by atoms with E-state index in [1.54, 1.807) is 22.9 Å². The van der Waals surface area contributed by atoms with Crippen LogP contribution in [0.2, 0.25) is 10.0 Å². The van der Waals surface area contributed by atoms with Crippen molar-refractivity contribution in [3.63, 3.8) is 0 Å². The maximum Gasteiger partial charge on any atom is 0.113 e. The first-order valence-corrected chi connectivity index (χ1v) is 4.80. The minimum atomic E-state index is 0.620. The average molecular weight is 226 g/mol. The molecule has 1 aromatic carbocycles. The topological polar surface area (TPSA) is 17.8 Å². The van der Waals surface area contributed by atoms with Crippen molar-refractivity contribution in [2.75, 3.05) is 0 Å². The van der Waals surface area contributed by atoms with E-state index in [1.165, 1.54) is 0 Å². The van der Waals surface area contributed by atoms with Crippen molar-refractivity contribution < 1.29 is 0 Å². The fourth-order valence-electron chi connectivity index (χ4n) is 1.30. The van der Waals surface area contributed by atoms with Gasteiger partial charge in [0.15, 0.2) is 0 Å². The molecule has 1 aromatic heterocycles. The van der Waals surface area contributed by atoms with Crippen LogP contribution in [0.3, 0.4) is 0 Å². The summed E-state index contributed by atoms with van der Waals surface area (Å²) in [5, 5.41) is 5.19. The van der Waals surface area contributed by atoms with Crippen LogP contribution in [0.4, 0.5) is 0 Å². The molecule has 0 spiro atoms. The molecule has 2 aromatic rings. The molecular weight excluding hydrogens is 219 g/mol. The molecule has 1 heterocycles. The standard InChI is InChI=1S/C10H7Cl2N2/c1-14-9(5-6-13-14)10-7(11)3-2-4-8(10)12/h2-5H,1H3. The van der Waals surface area contributed by atoms with Gasteiger partial charge in [0.1, 0.15) is 6.20 Å². The molecule has 0 fully saturated rings. The highest BCUT2D eigenvalue weighted by Crippen LogP contribution is 2.33. The number of benzene rings is 1. The summed E-state index contributed by atoms with van der Waals surface area (Å²) < 4.78 is 1.69. The first-order chi connectivity index (χ1) is 6.70. The maximum atomic E-state index is 6.05. The summed E-state index contributed by atoms with van der Waals surface area (Å²) in [5.74, 6) is 0. The van der Waals surface area contributed by atoms with Gasteiger partial charge in [-0.2, -0.15) is 5.10 Å². The van der Waals surface area contributed by atoms with Crippen molar-refractivity contribution in [1.29, 1.82) is 0 Å². The molecule has 2 rings (SSSR count). The van der Waals surface area contributed by atoms with Gasteiger partial charge in [-0.15, -0.1) is 0 Å². The van der Waals surface area contributed by atoms with Gasteiger partial charge in [0.25, 0.3) is 0 Å². The van der Waals surface area contributed by atoms with Gasteiger partial charge in [0, 0.05) is 12.6 Å². The van der Waals surface area contributed by atoms with Gasteiger partial charge in [-0.25, -0.2) is 0 Å². The minimum absolute atomic E-state index is 0.620. The smallest absolute Gasteiger partial charge is 0.113 e. The highest BCUT2D eigenvalue weighted by molar-refractivity contribution is 6.39. The van der Waals surface area contributed by atoms with Crippen molar-refractivity contribution >= 4 is 23.2 Å². The number of hydrogen-bond donors (Lipinski definition) is 0. The Bertz CT molecular complexity index is 443. The van der Waals surface area contributed by atoms with Crippen LogP contribution in [0.1, 0.15) is 0 Å². The van der Waals surface area contributed by atoms with Gasteiger partial charge >= 0.3 is 0 Å². The third-order valence-electron chi connectivity index (χ3n) is 1.98. The Morgan fingerprint density at radius 1 is 1.29 bits per heavy atom. The number of hydrogen-bond acceptors (Lipinski definition) is 1. The lowest BCUT2D eigenvalue weighted by molar-refractivity contribution is 0.773. The Balaban J connectivity index is 2.68. The highest BCUT2D eigenvalue weighted by Gasteiger charge is 2.10. The summed E-state index contributed by atoms with van der Waals surface area (Å²) in [6.07, 6.45) is 2.75. The van der Waals surface area contributed by atoms with Crippen LogP contribution in [0.25, 0.3) is 11.3 Å². The molecule has 1 radical (unpaired) electrons. The predicted molar refractivity (Wildman–Crippen MR) is 57.5 cm³/mol. The third-order valence-corrected chi connectivity index (χ3v) is 2.61. The monoisotopic (exact) mass is 225 g/mol. The molecule has 0 saturated carbocycles. The first kappa shape index (κ1) is 9.56. The molecule has 0 N–H and O–H groups in total. The van der Waals surface area contributed by atoms with Crippen molar-refractivity contribution in [3.8, 4) is 11.3 Å². The summed E-state index contributed by atoms with van der Waals surface area (Å²) in [7, 11) is 1.82. The second kappa shape index (κ2) is 3.64. The summed E-state index contributed by atoms with van der Waals surface area (Å²) in [6, 6.07) is 7.17. The molecule has 0 saturated heterocycles. The van der Waals surface area contributed by atoms with E-state index in [-0.39, 0.29) is 0 Å². The van der Waals surface area contributed by atoms with E-state index in [1.807, 2.05) is 13.1 Å². The predicted octanol–water partition coefficient (Wildman–Crippen LogP) is 3.19. The van der Waals surface area contributed by atoms with E-state index >= 15 is 0 Å². The van der Waals surface area contributed by atoms with Gasteiger partial charge in [-0.05, 0) is 18.2 Å². The molecule has 0 aliphatic rings. The highest BCUT2D eigenvalue weighted by atomic mass is 35.5.